The number of rotatable bonds is 8. The van der Waals surface area contributed by atoms with Gasteiger partial charge in [0, 0.05) is 30.4 Å². The first-order valence-corrected chi connectivity index (χ1v) is 10.7. The quantitative estimate of drug-likeness (QED) is 0.570. The average molecular weight is 424 g/mol. The number of Topliss-reactive ketones (excluding diaryl/α,β-unsaturated/α-hetero) is 1. The van der Waals surface area contributed by atoms with Crippen LogP contribution in [0.15, 0.2) is 30.3 Å². The van der Waals surface area contributed by atoms with E-state index in [9.17, 15) is 9.59 Å². The SMILES string of the molecule is CCC(C)OC(=O)C1(Oc2c(-c3cccc4c3CCC4=O)ccc(OC)c2OC)CC1. The maximum Gasteiger partial charge on any atom is 0.350 e. The van der Waals surface area contributed by atoms with Crippen LogP contribution in [0.1, 0.15) is 55.5 Å². The van der Waals surface area contributed by atoms with Gasteiger partial charge in [-0.2, -0.15) is 0 Å². The minimum Gasteiger partial charge on any atom is -0.493 e. The third-order valence-corrected chi connectivity index (χ3v) is 6.13. The van der Waals surface area contributed by atoms with Crippen LogP contribution >= 0.6 is 0 Å². The van der Waals surface area contributed by atoms with E-state index in [1.807, 2.05) is 44.2 Å². The predicted molar refractivity (Wildman–Crippen MR) is 116 cm³/mol. The largest absolute Gasteiger partial charge is 0.493 e. The lowest BCUT2D eigenvalue weighted by Gasteiger charge is -2.24. The van der Waals surface area contributed by atoms with Crippen LogP contribution in [0.25, 0.3) is 11.1 Å². The molecule has 0 bridgehead atoms. The van der Waals surface area contributed by atoms with E-state index in [1.54, 1.807) is 14.2 Å². The molecule has 0 amide bonds. The van der Waals surface area contributed by atoms with E-state index in [4.69, 9.17) is 18.9 Å². The average Bonchev–Trinajstić information content (AvgIpc) is 3.48. The number of esters is 1. The number of hydrogen-bond donors (Lipinski definition) is 0. The van der Waals surface area contributed by atoms with Crippen molar-refractivity contribution in [1.82, 2.24) is 0 Å². The van der Waals surface area contributed by atoms with Crippen molar-refractivity contribution in [2.75, 3.05) is 14.2 Å². The number of benzene rings is 2. The molecular weight excluding hydrogens is 396 g/mol. The van der Waals surface area contributed by atoms with Crippen molar-refractivity contribution < 1.29 is 28.5 Å². The van der Waals surface area contributed by atoms with Crippen LogP contribution in [-0.4, -0.2) is 37.7 Å². The highest BCUT2D eigenvalue weighted by molar-refractivity contribution is 6.02. The zero-order valence-electron chi connectivity index (χ0n) is 18.4. The summed E-state index contributed by atoms with van der Waals surface area (Å²) in [5.41, 5.74) is 2.40. The molecule has 1 fully saturated rings. The first-order chi connectivity index (χ1) is 14.9. The zero-order valence-corrected chi connectivity index (χ0v) is 18.4. The Morgan fingerprint density at radius 2 is 1.74 bits per heavy atom. The van der Waals surface area contributed by atoms with E-state index in [0.717, 1.165) is 28.7 Å². The van der Waals surface area contributed by atoms with Gasteiger partial charge < -0.3 is 18.9 Å². The minimum atomic E-state index is -1.02. The molecule has 0 heterocycles. The summed E-state index contributed by atoms with van der Waals surface area (Å²) < 4.78 is 23.1. The van der Waals surface area contributed by atoms with E-state index in [1.165, 1.54) is 0 Å². The molecule has 0 radical (unpaired) electrons. The molecule has 2 aromatic carbocycles. The fourth-order valence-corrected chi connectivity index (χ4v) is 3.99. The summed E-state index contributed by atoms with van der Waals surface area (Å²) in [5, 5.41) is 0. The molecule has 1 unspecified atom stereocenters. The Bertz CT molecular complexity index is 1020. The summed E-state index contributed by atoms with van der Waals surface area (Å²) >= 11 is 0. The number of ether oxygens (including phenoxy) is 4. The molecule has 0 aliphatic heterocycles. The zero-order chi connectivity index (χ0) is 22.2. The third-order valence-electron chi connectivity index (χ3n) is 6.13. The van der Waals surface area contributed by atoms with Crippen molar-refractivity contribution in [3.05, 3.63) is 41.5 Å². The predicted octanol–water partition coefficient (Wildman–Crippen LogP) is 4.75. The topological polar surface area (TPSA) is 71.1 Å². The molecule has 6 nitrogen and oxygen atoms in total. The minimum absolute atomic E-state index is 0.149. The van der Waals surface area contributed by atoms with Gasteiger partial charge in [-0.25, -0.2) is 4.79 Å². The molecule has 164 valence electrons. The highest BCUT2D eigenvalue weighted by atomic mass is 16.6. The van der Waals surface area contributed by atoms with Crippen LogP contribution in [0.2, 0.25) is 0 Å². The van der Waals surface area contributed by atoms with Crippen LogP contribution < -0.4 is 14.2 Å². The molecule has 2 aromatic rings. The van der Waals surface area contributed by atoms with Crippen molar-refractivity contribution in [2.24, 2.45) is 0 Å². The number of fused-ring (bicyclic) bond motifs is 1. The monoisotopic (exact) mass is 424 g/mol. The molecule has 0 N–H and O–H groups in total. The number of carbonyl (C=O) groups is 2. The number of hydrogen-bond acceptors (Lipinski definition) is 6. The van der Waals surface area contributed by atoms with Crippen molar-refractivity contribution in [2.45, 2.75) is 57.7 Å². The van der Waals surface area contributed by atoms with Gasteiger partial charge in [-0.1, -0.05) is 25.1 Å². The van der Waals surface area contributed by atoms with Gasteiger partial charge in [-0.3, -0.25) is 4.79 Å². The first-order valence-electron chi connectivity index (χ1n) is 10.7. The fourth-order valence-electron chi connectivity index (χ4n) is 3.99. The lowest BCUT2D eigenvalue weighted by molar-refractivity contribution is -0.159. The Labute approximate surface area is 182 Å². The molecule has 31 heavy (non-hydrogen) atoms. The lowest BCUT2D eigenvalue weighted by atomic mass is 9.95. The fraction of sp³-hybridized carbons (Fsp3) is 0.440. The van der Waals surface area contributed by atoms with E-state index in [0.29, 0.717) is 42.9 Å². The normalized spacial score (nSPS) is 17.0. The highest BCUT2D eigenvalue weighted by Crippen LogP contribution is 2.51. The maximum absolute atomic E-state index is 12.9. The Hall–Kier alpha value is -3.02. The second-order valence-corrected chi connectivity index (χ2v) is 8.15. The second kappa shape index (κ2) is 8.25. The van der Waals surface area contributed by atoms with Gasteiger partial charge in [0.05, 0.1) is 20.3 Å². The van der Waals surface area contributed by atoms with Gasteiger partial charge in [-0.05, 0) is 43.0 Å². The van der Waals surface area contributed by atoms with Gasteiger partial charge in [0.15, 0.2) is 17.3 Å². The molecule has 1 saturated carbocycles. The number of methoxy groups -OCH3 is 2. The third kappa shape index (κ3) is 3.75. The summed E-state index contributed by atoms with van der Waals surface area (Å²) in [5.74, 6) is 1.16. The molecule has 0 aromatic heterocycles. The van der Waals surface area contributed by atoms with Gasteiger partial charge >= 0.3 is 5.97 Å². The van der Waals surface area contributed by atoms with Crippen LogP contribution in [-0.2, 0) is 16.0 Å². The number of carbonyl (C=O) groups excluding carboxylic acids is 2. The smallest absolute Gasteiger partial charge is 0.350 e. The molecule has 2 aliphatic rings. The molecule has 2 aliphatic carbocycles. The van der Waals surface area contributed by atoms with Crippen LogP contribution in [0.4, 0.5) is 0 Å². The Kier molecular flexibility index (Phi) is 5.65. The first kappa shape index (κ1) is 21.2. The van der Waals surface area contributed by atoms with Gasteiger partial charge in [0.1, 0.15) is 0 Å². The summed E-state index contributed by atoms with van der Waals surface area (Å²) in [6.07, 6.45) is 2.89. The molecule has 6 heteroatoms. The van der Waals surface area contributed by atoms with Crippen LogP contribution in [0, 0.1) is 0 Å². The summed E-state index contributed by atoms with van der Waals surface area (Å²) in [4.78, 5) is 25.1. The van der Waals surface area contributed by atoms with Gasteiger partial charge in [0.2, 0.25) is 11.4 Å². The molecule has 0 spiro atoms. The summed E-state index contributed by atoms with van der Waals surface area (Å²) in [7, 11) is 3.11. The van der Waals surface area contributed by atoms with Gasteiger partial charge in [0.25, 0.3) is 0 Å². The van der Waals surface area contributed by atoms with E-state index in [-0.39, 0.29) is 17.9 Å². The maximum atomic E-state index is 12.9. The summed E-state index contributed by atoms with van der Waals surface area (Å²) in [6.45, 7) is 3.84. The van der Waals surface area contributed by atoms with E-state index >= 15 is 0 Å². The summed E-state index contributed by atoms with van der Waals surface area (Å²) in [6, 6.07) is 9.42. The van der Waals surface area contributed by atoms with Crippen molar-refractivity contribution >= 4 is 11.8 Å². The van der Waals surface area contributed by atoms with E-state index in [2.05, 4.69) is 0 Å². The van der Waals surface area contributed by atoms with Crippen LogP contribution in [0.3, 0.4) is 0 Å². The Morgan fingerprint density at radius 1 is 1.00 bits per heavy atom. The van der Waals surface area contributed by atoms with Crippen LogP contribution in [0.5, 0.6) is 17.2 Å². The standard InChI is InChI=1S/C25H28O6/c1-5-15(2)30-24(27)25(13-14-25)31-22-19(10-12-21(28-3)23(22)29-4)16-7-6-8-18-17(16)9-11-20(18)26/h6-8,10,12,15H,5,9,11,13-14H2,1-4H3. The molecule has 4 rings (SSSR count). The molecule has 1 atom stereocenters. The van der Waals surface area contributed by atoms with Crippen molar-refractivity contribution in [1.29, 1.82) is 0 Å². The van der Waals surface area contributed by atoms with Crippen molar-refractivity contribution in [3.8, 4) is 28.4 Å². The molecular formula is C25H28O6. The second-order valence-electron chi connectivity index (χ2n) is 8.15. The van der Waals surface area contributed by atoms with Crippen molar-refractivity contribution in [3.63, 3.8) is 0 Å². The highest BCUT2D eigenvalue weighted by Gasteiger charge is 2.55. The molecule has 0 saturated heterocycles. The Balaban J connectivity index is 1.81. The lowest BCUT2D eigenvalue weighted by Crippen LogP contribution is -2.34. The Morgan fingerprint density at radius 3 is 2.39 bits per heavy atom. The van der Waals surface area contributed by atoms with Gasteiger partial charge in [-0.15, -0.1) is 0 Å². The van der Waals surface area contributed by atoms with E-state index < -0.39 is 5.60 Å². The number of ketones is 1.